The zero-order valence-corrected chi connectivity index (χ0v) is 13.8. The number of nitrogens with one attached hydrogen (secondary N) is 1. The van der Waals surface area contributed by atoms with Gasteiger partial charge in [0.2, 0.25) is 0 Å². The molecule has 1 aromatic heterocycles. The molecule has 3 aromatic rings. The van der Waals surface area contributed by atoms with E-state index >= 15 is 0 Å². The molecule has 0 spiro atoms. The number of rotatable bonds is 5. The van der Waals surface area contributed by atoms with E-state index in [0.29, 0.717) is 5.75 Å². The number of ether oxygens (including phenoxy) is 1. The largest absolute Gasteiger partial charge is 0.477 e. The lowest BCUT2D eigenvalue weighted by molar-refractivity contribution is 0.0690. The molecule has 9 nitrogen and oxygen atoms in total. The van der Waals surface area contributed by atoms with Gasteiger partial charge in [0.25, 0.3) is 15.7 Å². The number of aromatic amines is 1. The third-order valence-electron chi connectivity index (χ3n) is 3.39. The van der Waals surface area contributed by atoms with Crippen molar-refractivity contribution < 1.29 is 27.6 Å². The molecule has 134 valence electrons. The number of H-pyrrole nitrogens is 1. The lowest BCUT2D eigenvalue weighted by Crippen LogP contribution is -2.14. The molecule has 1 heterocycles. The maximum Gasteiger partial charge on any atom is 0.353 e. The van der Waals surface area contributed by atoms with Crippen LogP contribution in [0.2, 0.25) is 0 Å². The van der Waals surface area contributed by atoms with Crippen molar-refractivity contribution in [2.75, 3.05) is 0 Å². The summed E-state index contributed by atoms with van der Waals surface area (Å²) in [6, 6.07) is 12.7. The van der Waals surface area contributed by atoms with Gasteiger partial charge in [0.1, 0.15) is 22.1 Å². The fourth-order valence-corrected chi connectivity index (χ4v) is 2.87. The third-order valence-corrected chi connectivity index (χ3v) is 4.26. The Hall–Kier alpha value is -3.37. The summed E-state index contributed by atoms with van der Waals surface area (Å²) >= 11 is 0. The number of aromatic carboxylic acids is 1. The summed E-state index contributed by atoms with van der Waals surface area (Å²) < 4.78 is 39.2. The Balaban J connectivity index is 2.11. The van der Waals surface area contributed by atoms with E-state index in [2.05, 4.69) is 5.10 Å². The maximum atomic E-state index is 11.9. The molecule has 10 heteroatoms. The van der Waals surface area contributed by atoms with Crippen molar-refractivity contribution in [2.24, 2.45) is 0 Å². The van der Waals surface area contributed by atoms with Crippen LogP contribution in [-0.4, -0.2) is 33.8 Å². The van der Waals surface area contributed by atoms with Crippen molar-refractivity contribution in [3.8, 4) is 17.2 Å². The smallest absolute Gasteiger partial charge is 0.353 e. The molecular weight excluding hydrogens is 364 g/mol. The van der Waals surface area contributed by atoms with Gasteiger partial charge >= 0.3 is 5.97 Å². The first-order valence-corrected chi connectivity index (χ1v) is 8.60. The van der Waals surface area contributed by atoms with Gasteiger partial charge in [-0.15, -0.1) is 0 Å². The number of hydrogen-bond donors (Lipinski definition) is 3. The van der Waals surface area contributed by atoms with Gasteiger partial charge in [-0.3, -0.25) is 14.4 Å². The van der Waals surface area contributed by atoms with Crippen molar-refractivity contribution >= 4 is 16.1 Å². The average molecular weight is 376 g/mol. The number of benzene rings is 2. The molecule has 2 aromatic carbocycles. The molecule has 0 fully saturated rings. The average Bonchev–Trinajstić information content (AvgIpc) is 2.97. The van der Waals surface area contributed by atoms with E-state index in [0.717, 1.165) is 16.8 Å². The number of carboxylic acid groups (broad SMARTS) is 1. The molecule has 26 heavy (non-hydrogen) atoms. The standard InChI is InChI=1S/C16H12N2O7S/c19-15-9-12(16(20)21)17-18(15)10-6-7-13(14(8-10)26(22,23)24)25-11-4-2-1-3-5-11/h1-9,17H,(H,20,21)(H,22,23,24). The van der Waals surface area contributed by atoms with Crippen LogP contribution in [0.15, 0.2) is 64.3 Å². The Bertz CT molecular complexity index is 1130. The van der Waals surface area contributed by atoms with Crippen LogP contribution in [0, 0.1) is 0 Å². The predicted octanol–water partition coefficient (Wildman–Crippen LogP) is 1.90. The number of carboxylic acids is 1. The molecule has 0 saturated carbocycles. The second-order valence-electron chi connectivity index (χ2n) is 5.17. The highest BCUT2D eigenvalue weighted by Crippen LogP contribution is 2.30. The molecule has 0 aliphatic rings. The minimum atomic E-state index is -4.68. The van der Waals surface area contributed by atoms with Crippen LogP contribution < -0.4 is 10.3 Å². The fraction of sp³-hybridized carbons (Fsp3) is 0. The maximum absolute atomic E-state index is 11.9. The van der Waals surface area contributed by atoms with Crippen LogP contribution in [0.1, 0.15) is 10.5 Å². The van der Waals surface area contributed by atoms with Crippen LogP contribution in [0.4, 0.5) is 0 Å². The normalized spacial score (nSPS) is 11.3. The summed E-state index contributed by atoms with van der Waals surface area (Å²) in [7, 11) is -4.68. The monoisotopic (exact) mass is 376 g/mol. The molecule has 0 unspecified atom stereocenters. The Kier molecular flexibility index (Phi) is 4.36. The SMILES string of the molecule is O=C(O)c1cc(=O)n(-c2ccc(Oc3ccccc3)c(S(=O)(=O)O)c2)[nH]1. The quantitative estimate of drug-likeness (QED) is 0.578. The van der Waals surface area contributed by atoms with Gasteiger partial charge in [0.15, 0.2) is 0 Å². The molecule has 0 radical (unpaired) electrons. The molecule has 0 saturated heterocycles. The third kappa shape index (κ3) is 3.50. The lowest BCUT2D eigenvalue weighted by Gasteiger charge is -2.11. The van der Waals surface area contributed by atoms with Gasteiger partial charge in [0.05, 0.1) is 5.69 Å². The summed E-state index contributed by atoms with van der Waals surface area (Å²) in [4.78, 5) is 22.3. The van der Waals surface area contributed by atoms with Crippen LogP contribution in [0.25, 0.3) is 5.69 Å². The number of nitrogens with zero attached hydrogens (tertiary/aromatic N) is 1. The Morgan fingerprint density at radius 3 is 2.35 bits per heavy atom. The lowest BCUT2D eigenvalue weighted by atomic mass is 10.3. The topological polar surface area (TPSA) is 139 Å². The van der Waals surface area contributed by atoms with Gasteiger partial charge < -0.3 is 9.84 Å². The van der Waals surface area contributed by atoms with Gasteiger partial charge in [-0.1, -0.05) is 18.2 Å². The van der Waals surface area contributed by atoms with Crippen molar-refractivity contribution in [1.29, 1.82) is 0 Å². The van der Waals surface area contributed by atoms with Crippen LogP contribution in [0.3, 0.4) is 0 Å². The molecule has 0 amide bonds. The van der Waals surface area contributed by atoms with E-state index in [1.165, 1.54) is 12.1 Å². The van der Waals surface area contributed by atoms with Crippen LogP contribution >= 0.6 is 0 Å². The predicted molar refractivity (Wildman–Crippen MR) is 89.7 cm³/mol. The van der Waals surface area contributed by atoms with Crippen molar-refractivity contribution in [1.82, 2.24) is 9.78 Å². The summed E-state index contributed by atoms with van der Waals surface area (Å²) in [5.74, 6) is -1.16. The van der Waals surface area contributed by atoms with E-state index in [-0.39, 0.29) is 17.1 Å². The zero-order chi connectivity index (χ0) is 18.9. The molecule has 0 atom stereocenters. The van der Waals surface area contributed by atoms with E-state index < -0.39 is 26.5 Å². The van der Waals surface area contributed by atoms with Gasteiger partial charge in [-0.2, -0.15) is 8.42 Å². The van der Waals surface area contributed by atoms with E-state index in [9.17, 15) is 22.6 Å². The highest BCUT2D eigenvalue weighted by molar-refractivity contribution is 7.86. The number of para-hydroxylation sites is 1. The summed E-state index contributed by atoms with van der Waals surface area (Å²) in [5, 5.41) is 11.3. The van der Waals surface area contributed by atoms with E-state index in [4.69, 9.17) is 9.84 Å². The van der Waals surface area contributed by atoms with Gasteiger partial charge in [-0.05, 0) is 30.3 Å². The first-order valence-electron chi connectivity index (χ1n) is 7.16. The molecule has 3 N–H and O–H groups in total. The van der Waals surface area contributed by atoms with Gasteiger partial charge in [-0.25, -0.2) is 9.48 Å². The second-order valence-corrected chi connectivity index (χ2v) is 6.56. The highest BCUT2D eigenvalue weighted by Gasteiger charge is 2.20. The van der Waals surface area contributed by atoms with Crippen molar-refractivity contribution in [2.45, 2.75) is 4.90 Å². The zero-order valence-electron chi connectivity index (χ0n) is 13.0. The first-order chi connectivity index (χ1) is 12.3. The number of hydrogen-bond acceptors (Lipinski definition) is 5. The van der Waals surface area contributed by atoms with E-state index in [1.54, 1.807) is 30.3 Å². The molecule has 0 aliphatic carbocycles. The number of carbonyl (C=O) groups is 1. The van der Waals surface area contributed by atoms with E-state index in [1.807, 2.05) is 0 Å². The minimum Gasteiger partial charge on any atom is -0.477 e. The van der Waals surface area contributed by atoms with Crippen molar-refractivity contribution in [3.05, 3.63) is 70.6 Å². The Morgan fingerprint density at radius 1 is 1.08 bits per heavy atom. The summed E-state index contributed by atoms with van der Waals surface area (Å²) in [6.45, 7) is 0. The highest BCUT2D eigenvalue weighted by atomic mass is 32.2. The first kappa shape index (κ1) is 17.5. The summed E-state index contributed by atoms with van der Waals surface area (Å²) in [6.07, 6.45) is 0. The second kappa shape index (κ2) is 6.50. The van der Waals surface area contributed by atoms with Crippen LogP contribution in [0.5, 0.6) is 11.5 Å². The Morgan fingerprint density at radius 2 is 1.77 bits per heavy atom. The molecular formula is C16H12N2O7S. The molecule has 0 bridgehead atoms. The summed E-state index contributed by atoms with van der Waals surface area (Å²) in [5.41, 5.74) is -1.07. The minimum absolute atomic E-state index is 0.00976. The fourth-order valence-electron chi connectivity index (χ4n) is 2.23. The molecule has 3 rings (SSSR count). The molecule has 0 aliphatic heterocycles. The Labute approximate surface area is 146 Å². The van der Waals surface area contributed by atoms with Crippen molar-refractivity contribution in [3.63, 3.8) is 0 Å². The van der Waals surface area contributed by atoms with Crippen LogP contribution in [-0.2, 0) is 10.1 Å². The van der Waals surface area contributed by atoms with Gasteiger partial charge in [0, 0.05) is 6.07 Å². The number of aromatic nitrogens is 2.